The Labute approximate surface area is 116 Å². The van der Waals surface area contributed by atoms with E-state index in [0.717, 1.165) is 11.1 Å². The Morgan fingerprint density at radius 1 is 1.30 bits per heavy atom. The van der Waals surface area contributed by atoms with Crippen molar-refractivity contribution in [3.63, 3.8) is 0 Å². The van der Waals surface area contributed by atoms with Crippen LogP contribution in [0, 0.1) is 0 Å². The molecule has 0 radical (unpaired) electrons. The van der Waals surface area contributed by atoms with E-state index in [0.29, 0.717) is 11.5 Å². The maximum absolute atomic E-state index is 12.0. The predicted octanol–water partition coefficient (Wildman–Crippen LogP) is 1.14. The van der Waals surface area contributed by atoms with E-state index in [2.05, 4.69) is 0 Å². The van der Waals surface area contributed by atoms with E-state index in [1.807, 2.05) is 0 Å². The van der Waals surface area contributed by atoms with Gasteiger partial charge in [0, 0.05) is 6.20 Å². The summed E-state index contributed by atoms with van der Waals surface area (Å²) in [5, 5.41) is 8.79. The number of carbonyl (C=O) groups excluding carboxylic acids is 1. The highest BCUT2D eigenvalue weighted by atomic mass is 16.5. The molecule has 0 atom stereocenters. The molecule has 0 bridgehead atoms. The van der Waals surface area contributed by atoms with Crippen LogP contribution in [-0.4, -0.2) is 42.6 Å². The van der Waals surface area contributed by atoms with Crippen molar-refractivity contribution < 1.29 is 24.2 Å². The van der Waals surface area contributed by atoms with Gasteiger partial charge >= 0.3 is 5.97 Å². The SMILES string of the molecule is COc1cc2c(cc1OC)CC(=O)N(CC(=O)O)C=C2. The number of hydrogen-bond acceptors (Lipinski definition) is 4. The fourth-order valence-electron chi connectivity index (χ4n) is 2.05. The van der Waals surface area contributed by atoms with Crippen molar-refractivity contribution in [3.05, 3.63) is 29.5 Å². The highest BCUT2D eigenvalue weighted by molar-refractivity contribution is 5.87. The van der Waals surface area contributed by atoms with Crippen LogP contribution < -0.4 is 9.47 Å². The summed E-state index contributed by atoms with van der Waals surface area (Å²) in [6.45, 7) is -0.350. The normalized spacial score (nSPS) is 13.7. The van der Waals surface area contributed by atoms with Crippen LogP contribution >= 0.6 is 0 Å². The van der Waals surface area contributed by atoms with Gasteiger partial charge in [-0.25, -0.2) is 0 Å². The highest BCUT2D eigenvalue weighted by Crippen LogP contribution is 2.32. The monoisotopic (exact) mass is 277 g/mol. The number of benzene rings is 1. The minimum absolute atomic E-state index is 0.121. The molecule has 0 fully saturated rings. The summed E-state index contributed by atoms with van der Waals surface area (Å²) in [5.74, 6) is -0.215. The maximum atomic E-state index is 12.0. The van der Waals surface area contributed by atoms with Crippen LogP contribution in [0.3, 0.4) is 0 Å². The first-order valence-electron chi connectivity index (χ1n) is 5.99. The molecule has 1 aromatic carbocycles. The van der Waals surface area contributed by atoms with E-state index in [9.17, 15) is 9.59 Å². The molecule has 1 aliphatic rings. The number of methoxy groups -OCH3 is 2. The van der Waals surface area contributed by atoms with Gasteiger partial charge in [0.15, 0.2) is 11.5 Å². The minimum atomic E-state index is -1.05. The van der Waals surface area contributed by atoms with Gasteiger partial charge in [-0.05, 0) is 29.3 Å². The Kier molecular flexibility index (Phi) is 3.93. The van der Waals surface area contributed by atoms with Crippen molar-refractivity contribution in [2.75, 3.05) is 20.8 Å². The maximum Gasteiger partial charge on any atom is 0.323 e. The number of aliphatic carboxylic acids is 1. The molecule has 0 saturated heterocycles. The second kappa shape index (κ2) is 5.64. The van der Waals surface area contributed by atoms with Gasteiger partial charge in [0.1, 0.15) is 6.54 Å². The lowest BCUT2D eigenvalue weighted by molar-refractivity contribution is -0.142. The first-order valence-corrected chi connectivity index (χ1v) is 5.99. The summed E-state index contributed by atoms with van der Waals surface area (Å²) in [6.07, 6.45) is 3.30. The molecule has 0 aliphatic carbocycles. The summed E-state index contributed by atoms with van der Waals surface area (Å²) in [7, 11) is 3.06. The van der Waals surface area contributed by atoms with Crippen LogP contribution in [0.5, 0.6) is 11.5 Å². The fraction of sp³-hybridized carbons (Fsp3) is 0.286. The zero-order valence-electron chi connectivity index (χ0n) is 11.3. The quantitative estimate of drug-likeness (QED) is 0.893. The number of amides is 1. The van der Waals surface area contributed by atoms with Crippen molar-refractivity contribution in [2.24, 2.45) is 0 Å². The summed E-state index contributed by atoms with van der Waals surface area (Å²) in [5.41, 5.74) is 1.58. The molecule has 2 rings (SSSR count). The van der Waals surface area contributed by atoms with Crippen molar-refractivity contribution in [2.45, 2.75) is 6.42 Å². The molecule has 1 aromatic rings. The van der Waals surface area contributed by atoms with Gasteiger partial charge in [-0.3, -0.25) is 9.59 Å². The third kappa shape index (κ3) is 2.74. The molecule has 0 spiro atoms. The molecule has 6 nitrogen and oxygen atoms in total. The average Bonchev–Trinajstić information content (AvgIpc) is 2.56. The Morgan fingerprint density at radius 2 is 1.95 bits per heavy atom. The van der Waals surface area contributed by atoms with E-state index in [1.165, 1.54) is 25.3 Å². The molecule has 20 heavy (non-hydrogen) atoms. The molecule has 1 N–H and O–H groups in total. The topological polar surface area (TPSA) is 76.1 Å². The minimum Gasteiger partial charge on any atom is -0.493 e. The number of carboxylic acid groups (broad SMARTS) is 1. The lowest BCUT2D eigenvalue weighted by Gasteiger charge is -2.14. The van der Waals surface area contributed by atoms with E-state index >= 15 is 0 Å². The molecular weight excluding hydrogens is 262 g/mol. The predicted molar refractivity (Wildman–Crippen MR) is 71.6 cm³/mol. The molecule has 1 heterocycles. The number of rotatable bonds is 4. The highest BCUT2D eigenvalue weighted by Gasteiger charge is 2.20. The molecule has 6 heteroatoms. The molecule has 1 amide bonds. The molecule has 106 valence electrons. The average molecular weight is 277 g/mol. The third-order valence-electron chi connectivity index (χ3n) is 3.05. The summed E-state index contributed by atoms with van der Waals surface area (Å²) >= 11 is 0. The lowest BCUT2D eigenvalue weighted by atomic mass is 10.0. The zero-order valence-corrected chi connectivity index (χ0v) is 11.3. The fourth-order valence-corrected chi connectivity index (χ4v) is 2.05. The third-order valence-corrected chi connectivity index (χ3v) is 3.05. The van der Waals surface area contributed by atoms with Crippen molar-refractivity contribution >= 4 is 18.0 Å². The molecule has 0 saturated carbocycles. The van der Waals surface area contributed by atoms with Gasteiger partial charge in [-0.1, -0.05) is 0 Å². The number of fused-ring (bicyclic) bond motifs is 1. The number of carbonyl (C=O) groups is 2. The van der Waals surface area contributed by atoms with Crippen molar-refractivity contribution in [1.82, 2.24) is 4.90 Å². The second-order valence-corrected chi connectivity index (χ2v) is 4.31. The zero-order chi connectivity index (χ0) is 14.7. The van der Waals surface area contributed by atoms with Crippen LogP contribution in [-0.2, 0) is 16.0 Å². The molecule has 1 aliphatic heterocycles. The second-order valence-electron chi connectivity index (χ2n) is 4.31. The molecule has 0 unspecified atom stereocenters. The summed E-state index contributed by atoms with van der Waals surface area (Å²) in [4.78, 5) is 23.9. The molecule has 0 aromatic heterocycles. The first-order chi connectivity index (χ1) is 9.55. The van der Waals surface area contributed by atoms with Crippen LogP contribution in [0.4, 0.5) is 0 Å². The van der Waals surface area contributed by atoms with Gasteiger partial charge in [0.25, 0.3) is 0 Å². The number of nitrogens with zero attached hydrogens (tertiary/aromatic N) is 1. The van der Waals surface area contributed by atoms with Crippen LogP contribution in [0.2, 0.25) is 0 Å². The number of ether oxygens (including phenoxy) is 2. The van der Waals surface area contributed by atoms with Crippen LogP contribution in [0.15, 0.2) is 18.3 Å². The summed E-state index contributed by atoms with van der Waals surface area (Å²) in [6, 6.07) is 3.50. The van der Waals surface area contributed by atoms with E-state index in [1.54, 1.807) is 18.2 Å². The van der Waals surface area contributed by atoms with Crippen LogP contribution in [0.1, 0.15) is 11.1 Å². The Hall–Kier alpha value is -2.50. The van der Waals surface area contributed by atoms with Crippen LogP contribution in [0.25, 0.3) is 6.08 Å². The van der Waals surface area contributed by atoms with E-state index < -0.39 is 5.97 Å². The standard InChI is InChI=1S/C14H15NO5/c1-19-11-5-9-3-4-15(8-14(17)18)13(16)7-10(9)6-12(11)20-2/h3-6H,7-8H2,1-2H3,(H,17,18). The van der Waals surface area contributed by atoms with Gasteiger partial charge in [-0.15, -0.1) is 0 Å². The van der Waals surface area contributed by atoms with Crippen molar-refractivity contribution in [1.29, 1.82) is 0 Å². The Bertz CT molecular complexity index is 579. The summed E-state index contributed by atoms with van der Waals surface area (Å²) < 4.78 is 10.4. The lowest BCUT2D eigenvalue weighted by Crippen LogP contribution is -2.31. The number of hydrogen-bond donors (Lipinski definition) is 1. The van der Waals surface area contributed by atoms with Gasteiger partial charge in [0.05, 0.1) is 20.6 Å². The van der Waals surface area contributed by atoms with Gasteiger partial charge in [-0.2, -0.15) is 0 Å². The van der Waals surface area contributed by atoms with Gasteiger partial charge < -0.3 is 19.5 Å². The Balaban J connectivity index is 2.38. The van der Waals surface area contributed by atoms with E-state index in [-0.39, 0.29) is 18.9 Å². The van der Waals surface area contributed by atoms with Crippen molar-refractivity contribution in [3.8, 4) is 11.5 Å². The molecular formula is C14H15NO5. The Morgan fingerprint density at radius 3 is 2.55 bits per heavy atom. The smallest absolute Gasteiger partial charge is 0.323 e. The largest absolute Gasteiger partial charge is 0.493 e. The number of carboxylic acids is 1. The van der Waals surface area contributed by atoms with Gasteiger partial charge in [0.2, 0.25) is 5.91 Å². The van der Waals surface area contributed by atoms with E-state index in [4.69, 9.17) is 14.6 Å². The first kappa shape index (κ1) is 13.9.